The van der Waals surface area contributed by atoms with Crippen LogP contribution in [0, 0.1) is 5.92 Å². The number of amides is 1. The summed E-state index contributed by atoms with van der Waals surface area (Å²) in [6, 6.07) is -0.460. The van der Waals surface area contributed by atoms with E-state index in [9.17, 15) is 13.6 Å². The molecule has 1 aliphatic rings. The summed E-state index contributed by atoms with van der Waals surface area (Å²) in [7, 11) is 0. The number of ether oxygens (including phenoxy) is 1. The molecule has 0 aromatic carbocycles. The van der Waals surface area contributed by atoms with Gasteiger partial charge >= 0.3 is 6.09 Å². The smallest absolute Gasteiger partial charge is 0.407 e. The molecule has 5 heteroatoms. The Labute approximate surface area is 101 Å². The second-order valence-electron chi connectivity index (χ2n) is 5.54. The number of alkyl halides is 2. The molecule has 100 valence electrons. The average Bonchev–Trinajstić information content (AvgIpc) is 2.14. The van der Waals surface area contributed by atoms with Crippen LogP contribution in [0.5, 0.6) is 0 Å². The molecule has 0 aromatic heterocycles. The van der Waals surface area contributed by atoms with Crippen molar-refractivity contribution < 1.29 is 18.3 Å². The Bertz CT molecular complexity index is 264. The zero-order chi connectivity index (χ0) is 13.1. The van der Waals surface area contributed by atoms with E-state index in [0.717, 1.165) is 12.8 Å². The molecule has 2 atom stereocenters. The first-order valence-corrected chi connectivity index (χ1v) is 6.07. The van der Waals surface area contributed by atoms with Gasteiger partial charge in [0, 0.05) is 12.0 Å². The quantitative estimate of drug-likeness (QED) is 0.815. The summed E-state index contributed by atoms with van der Waals surface area (Å²) in [4.78, 5) is 11.5. The highest BCUT2D eigenvalue weighted by Gasteiger charge is 2.33. The van der Waals surface area contributed by atoms with Gasteiger partial charge in [-0.25, -0.2) is 13.6 Å². The minimum absolute atomic E-state index is 0.460. The van der Waals surface area contributed by atoms with Gasteiger partial charge in [0.1, 0.15) is 5.60 Å². The standard InChI is InChI=1S/C12H21F2NO2/c1-12(2,3)17-11(16)15-9-7-5-4-6-8(9)10(13)14/h8-10H,4-7H2,1-3H3,(H,15,16). The van der Waals surface area contributed by atoms with Crippen molar-refractivity contribution in [1.82, 2.24) is 5.32 Å². The first-order chi connectivity index (χ1) is 7.79. The second kappa shape index (κ2) is 5.65. The molecule has 1 rings (SSSR count). The molecule has 0 aliphatic heterocycles. The summed E-state index contributed by atoms with van der Waals surface area (Å²) in [5.41, 5.74) is -0.598. The number of rotatable bonds is 2. The molecule has 0 saturated heterocycles. The summed E-state index contributed by atoms with van der Waals surface area (Å²) < 4.78 is 30.6. The Hall–Kier alpha value is -0.870. The predicted molar refractivity (Wildman–Crippen MR) is 61.1 cm³/mol. The third-order valence-corrected chi connectivity index (χ3v) is 2.85. The molecule has 0 aromatic rings. The summed E-state index contributed by atoms with van der Waals surface area (Å²) in [6.07, 6.45) is -0.220. The van der Waals surface area contributed by atoms with Crippen LogP contribution in [0.3, 0.4) is 0 Å². The van der Waals surface area contributed by atoms with Crippen molar-refractivity contribution in [2.24, 2.45) is 5.92 Å². The van der Waals surface area contributed by atoms with Crippen molar-refractivity contribution in [2.45, 2.75) is 64.5 Å². The number of hydrogen-bond acceptors (Lipinski definition) is 2. The van der Waals surface area contributed by atoms with E-state index in [1.165, 1.54) is 0 Å². The SMILES string of the molecule is CC(C)(C)OC(=O)NC1CCCCC1C(F)F. The number of carbonyl (C=O) groups is 1. The van der Waals surface area contributed by atoms with Crippen molar-refractivity contribution in [3.8, 4) is 0 Å². The summed E-state index contributed by atoms with van der Waals surface area (Å²) in [5.74, 6) is -0.740. The van der Waals surface area contributed by atoms with E-state index < -0.39 is 30.1 Å². The molecule has 17 heavy (non-hydrogen) atoms. The van der Waals surface area contributed by atoms with Crippen LogP contribution < -0.4 is 5.32 Å². The molecule has 1 amide bonds. The summed E-state index contributed by atoms with van der Waals surface area (Å²) >= 11 is 0. The highest BCUT2D eigenvalue weighted by atomic mass is 19.3. The highest BCUT2D eigenvalue weighted by molar-refractivity contribution is 5.68. The lowest BCUT2D eigenvalue weighted by atomic mass is 9.85. The van der Waals surface area contributed by atoms with Crippen LogP contribution in [0.25, 0.3) is 0 Å². The minimum atomic E-state index is -2.38. The molecule has 0 heterocycles. The average molecular weight is 249 g/mol. The number of nitrogens with one attached hydrogen (secondary N) is 1. The number of carbonyl (C=O) groups excluding carboxylic acids is 1. The van der Waals surface area contributed by atoms with Crippen molar-refractivity contribution >= 4 is 6.09 Å². The second-order valence-corrected chi connectivity index (χ2v) is 5.54. The van der Waals surface area contributed by atoms with Crippen LogP contribution >= 0.6 is 0 Å². The highest BCUT2D eigenvalue weighted by Crippen LogP contribution is 2.29. The van der Waals surface area contributed by atoms with Gasteiger partial charge in [-0.15, -0.1) is 0 Å². The third kappa shape index (κ3) is 4.88. The van der Waals surface area contributed by atoms with Gasteiger partial charge in [0.15, 0.2) is 0 Å². The van der Waals surface area contributed by atoms with Crippen LogP contribution in [0.4, 0.5) is 13.6 Å². The Balaban J connectivity index is 2.50. The maximum absolute atomic E-state index is 12.8. The van der Waals surface area contributed by atoms with Gasteiger partial charge in [-0.05, 0) is 33.6 Å². The maximum atomic E-state index is 12.8. The molecular formula is C12H21F2NO2. The van der Waals surface area contributed by atoms with E-state index in [4.69, 9.17) is 4.74 Å². The molecule has 1 saturated carbocycles. The number of alkyl carbamates (subject to hydrolysis) is 1. The molecule has 0 bridgehead atoms. The van der Waals surface area contributed by atoms with Gasteiger partial charge in [-0.1, -0.05) is 12.8 Å². The predicted octanol–water partition coefficient (Wildman–Crippen LogP) is 3.34. The Morgan fingerprint density at radius 1 is 1.29 bits per heavy atom. The van der Waals surface area contributed by atoms with Gasteiger partial charge in [-0.3, -0.25) is 0 Å². The molecule has 0 spiro atoms. The minimum Gasteiger partial charge on any atom is -0.444 e. The first kappa shape index (κ1) is 14.2. The monoisotopic (exact) mass is 249 g/mol. The van der Waals surface area contributed by atoms with E-state index in [2.05, 4.69) is 5.32 Å². The maximum Gasteiger partial charge on any atom is 0.407 e. The number of halogens is 2. The summed E-state index contributed by atoms with van der Waals surface area (Å²) in [5, 5.41) is 2.57. The molecule has 1 fully saturated rings. The zero-order valence-electron chi connectivity index (χ0n) is 10.6. The van der Waals surface area contributed by atoms with E-state index >= 15 is 0 Å². The fraction of sp³-hybridized carbons (Fsp3) is 0.917. The molecular weight excluding hydrogens is 228 g/mol. The van der Waals surface area contributed by atoms with Gasteiger partial charge in [0.05, 0.1) is 0 Å². The lowest BCUT2D eigenvalue weighted by Crippen LogP contribution is -2.46. The van der Waals surface area contributed by atoms with Crippen LogP contribution in [-0.4, -0.2) is 24.2 Å². The fourth-order valence-electron chi connectivity index (χ4n) is 2.10. The van der Waals surface area contributed by atoms with Gasteiger partial charge in [-0.2, -0.15) is 0 Å². The van der Waals surface area contributed by atoms with Crippen molar-refractivity contribution in [3.05, 3.63) is 0 Å². The molecule has 3 nitrogen and oxygen atoms in total. The largest absolute Gasteiger partial charge is 0.444 e. The van der Waals surface area contributed by atoms with Crippen molar-refractivity contribution in [3.63, 3.8) is 0 Å². The number of hydrogen-bond donors (Lipinski definition) is 1. The first-order valence-electron chi connectivity index (χ1n) is 6.07. The van der Waals surface area contributed by atoms with Crippen LogP contribution in [-0.2, 0) is 4.74 Å². The van der Waals surface area contributed by atoms with E-state index in [0.29, 0.717) is 12.8 Å². The van der Waals surface area contributed by atoms with E-state index in [1.54, 1.807) is 20.8 Å². The van der Waals surface area contributed by atoms with Gasteiger partial charge in [0.25, 0.3) is 0 Å². The molecule has 0 radical (unpaired) electrons. The Kier molecular flexibility index (Phi) is 4.71. The third-order valence-electron chi connectivity index (χ3n) is 2.85. The topological polar surface area (TPSA) is 38.3 Å². The lowest BCUT2D eigenvalue weighted by molar-refractivity contribution is 0.0209. The van der Waals surface area contributed by atoms with Gasteiger partial charge < -0.3 is 10.1 Å². The normalized spacial score (nSPS) is 25.8. The fourth-order valence-corrected chi connectivity index (χ4v) is 2.10. The van der Waals surface area contributed by atoms with E-state index in [-0.39, 0.29) is 0 Å². The Morgan fingerprint density at radius 3 is 2.41 bits per heavy atom. The van der Waals surface area contributed by atoms with Crippen LogP contribution in [0.15, 0.2) is 0 Å². The molecule has 2 unspecified atom stereocenters. The molecule has 1 aliphatic carbocycles. The van der Waals surface area contributed by atoms with Crippen LogP contribution in [0.1, 0.15) is 46.5 Å². The summed E-state index contributed by atoms with van der Waals surface area (Å²) in [6.45, 7) is 5.24. The van der Waals surface area contributed by atoms with E-state index in [1.807, 2.05) is 0 Å². The zero-order valence-corrected chi connectivity index (χ0v) is 10.6. The van der Waals surface area contributed by atoms with Crippen molar-refractivity contribution in [2.75, 3.05) is 0 Å². The lowest BCUT2D eigenvalue weighted by Gasteiger charge is -2.32. The van der Waals surface area contributed by atoms with Crippen molar-refractivity contribution in [1.29, 1.82) is 0 Å². The van der Waals surface area contributed by atoms with Gasteiger partial charge in [0.2, 0.25) is 6.43 Å². The Morgan fingerprint density at radius 2 is 1.88 bits per heavy atom. The molecule has 1 N–H and O–H groups in total. The van der Waals surface area contributed by atoms with Crippen LogP contribution in [0.2, 0.25) is 0 Å².